The molecule has 0 bridgehead atoms. The van der Waals surface area contributed by atoms with Crippen LogP contribution in [0.2, 0.25) is 0 Å². The molecule has 0 heterocycles. The Kier molecular flexibility index (Phi) is 3.61. The second kappa shape index (κ2) is 5.07. The Bertz CT molecular complexity index is 492. The van der Waals surface area contributed by atoms with Crippen molar-refractivity contribution in [2.75, 3.05) is 0 Å². The standard InChI is InChI=1S/C19H29BrO2/c1-18-7-5-12(21)9-11(18)3-4-13-14(18)6-8-19(2)15(13)10-16(20)17(19)22/h5,7,11-17,21-22H,3-4,6,8-10H2,1-2H3/t11-,12-,13+,14-,15-,16-,17-,18-,19-/m0/s1. The molecule has 3 heteroatoms. The number of alkyl halides is 1. The number of hydrogen-bond acceptors (Lipinski definition) is 2. The van der Waals surface area contributed by atoms with Crippen molar-refractivity contribution in [2.24, 2.45) is 34.5 Å². The van der Waals surface area contributed by atoms with Gasteiger partial charge in [0, 0.05) is 4.83 Å². The lowest BCUT2D eigenvalue weighted by Crippen LogP contribution is -2.53. The predicted octanol–water partition coefficient (Wildman–Crippen LogP) is 3.90. The Hall–Kier alpha value is 0.140. The van der Waals surface area contributed by atoms with Gasteiger partial charge in [-0.2, -0.15) is 0 Å². The van der Waals surface area contributed by atoms with Gasteiger partial charge in [-0.3, -0.25) is 0 Å². The number of allylic oxidation sites excluding steroid dienone is 1. The molecule has 4 aliphatic carbocycles. The first-order chi connectivity index (χ1) is 10.4. The first-order valence-electron chi connectivity index (χ1n) is 9.06. The predicted molar refractivity (Wildman–Crippen MR) is 91.7 cm³/mol. The summed E-state index contributed by atoms with van der Waals surface area (Å²) in [4.78, 5) is 0.274. The molecule has 124 valence electrons. The molecule has 0 aliphatic heterocycles. The van der Waals surface area contributed by atoms with Gasteiger partial charge in [-0.1, -0.05) is 41.9 Å². The molecule has 0 unspecified atom stereocenters. The molecule has 3 fully saturated rings. The monoisotopic (exact) mass is 368 g/mol. The number of fused-ring (bicyclic) bond motifs is 5. The van der Waals surface area contributed by atoms with Crippen molar-refractivity contribution in [3.05, 3.63) is 12.2 Å². The van der Waals surface area contributed by atoms with Crippen LogP contribution < -0.4 is 0 Å². The van der Waals surface area contributed by atoms with Crippen molar-refractivity contribution >= 4 is 15.9 Å². The van der Waals surface area contributed by atoms with E-state index in [0.29, 0.717) is 11.8 Å². The summed E-state index contributed by atoms with van der Waals surface area (Å²) in [5.74, 6) is 2.78. The third kappa shape index (κ3) is 1.97. The molecule has 4 aliphatic rings. The molecule has 0 amide bonds. The zero-order chi connectivity index (χ0) is 15.7. The summed E-state index contributed by atoms with van der Waals surface area (Å²) in [6.07, 6.45) is 11.0. The Morgan fingerprint density at radius 2 is 1.82 bits per heavy atom. The van der Waals surface area contributed by atoms with Crippen molar-refractivity contribution in [2.45, 2.75) is 69.4 Å². The molecule has 0 saturated heterocycles. The van der Waals surface area contributed by atoms with Gasteiger partial charge in [0.2, 0.25) is 0 Å². The third-order valence-corrected chi connectivity index (χ3v) is 8.98. The topological polar surface area (TPSA) is 40.5 Å². The molecule has 0 aromatic rings. The van der Waals surface area contributed by atoms with E-state index in [9.17, 15) is 10.2 Å². The van der Waals surface area contributed by atoms with Gasteiger partial charge in [0.25, 0.3) is 0 Å². The normalized spacial score (nSPS) is 60.5. The summed E-state index contributed by atoms with van der Waals surface area (Å²) in [7, 11) is 0. The average Bonchev–Trinajstić information content (AvgIpc) is 2.72. The van der Waals surface area contributed by atoms with Crippen LogP contribution in [0.1, 0.15) is 52.4 Å². The van der Waals surface area contributed by atoms with E-state index in [1.165, 1.54) is 19.3 Å². The third-order valence-electron chi connectivity index (χ3n) is 8.10. The fourth-order valence-electron chi connectivity index (χ4n) is 6.73. The summed E-state index contributed by atoms with van der Waals surface area (Å²) in [5.41, 5.74) is 0.370. The zero-order valence-corrected chi connectivity index (χ0v) is 15.3. The molecule has 4 rings (SSSR count). The van der Waals surface area contributed by atoms with Crippen LogP contribution in [0.25, 0.3) is 0 Å². The van der Waals surface area contributed by atoms with E-state index in [2.05, 4.69) is 35.9 Å². The second-order valence-corrected chi connectivity index (χ2v) is 10.1. The molecule has 2 nitrogen and oxygen atoms in total. The van der Waals surface area contributed by atoms with Crippen molar-refractivity contribution in [1.82, 2.24) is 0 Å². The highest BCUT2D eigenvalue weighted by Crippen LogP contribution is 2.65. The lowest BCUT2D eigenvalue weighted by Gasteiger charge is -2.59. The van der Waals surface area contributed by atoms with Gasteiger partial charge in [-0.25, -0.2) is 0 Å². The molecule has 9 atom stereocenters. The van der Waals surface area contributed by atoms with E-state index >= 15 is 0 Å². The molecular formula is C19H29BrO2. The fraction of sp³-hybridized carbons (Fsp3) is 0.895. The SMILES string of the molecule is C[C@]12C=C[C@H](O)C[C@@H]1CC[C@@H]1[C@@H]2CC[C@]2(C)[C@@H](O)[C@@H](Br)C[C@@H]12. The van der Waals surface area contributed by atoms with Crippen LogP contribution in [0, 0.1) is 34.5 Å². The molecule has 22 heavy (non-hydrogen) atoms. The smallest absolute Gasteiger partial charge is 0.0724 e. The molecule has 0 aromatic carbocycles. The van der Waals surface area contributed by atoms with Gasteiger partial charge in [0.1, 0.15) is 0 Å². The van der Waals surface area contributed by atoms with Crippen LogP contribution >= 0.6 is 15.9 Å². The number of aliphatic hydroxyl groups excluding tert-OH is 2. The van der Waals surface area contributed by atoms with Gasteiger partial charge in [-0.15, -0.1) is 0 Å². The van der Waals surface area contributed by atoms with Crippen LogP contribution in [0.15, 0.2) is 12.2 Å². The Labute approximate surface area is 142 Å². The lowest BCUT2D eigenvalue weighted by atomic mass is 9.46. The van der Waals surface area contributed by atoms with E-state index in [-0.39, 0.29) is 27.9 Å². The number of aliphatic hydroxyl groups is 2. The minimum Gasteiger partial charge on any atom is -0.391 e. The molecule has 2 N–H and O–H groups in total. The molecular weight excluding hydrogens is 340 g/mol. The summed E-state index contributed by atoms with van der Waals surface area (Å²) < 4.78 is 0. The summed E-state index contributed by atoms with van der Waals surface area (Å²) >= 11 is 3.74. The van der Waals surface area contributed by atoms with Crippen molar-refractivity contribution in [3.8, 4) is 0 Å². The Morgan fingerprint density at radius 1 is 1.05 bits per heavy atom. The van der Waals surface area contributed by atoms with E-state index in [4.69, 9.17) is 0 Å². The molecule has 0 aromatic heterocycles. The first kappa shape index (κ1) is 15.7. The first-order valence-corrected chi connectivity index (χ1v) is 9.97. The van der Waals surface area contributed by atoms with Crippen molar-refractivity contribution in [1.29, 1.82) is 0 Å². The zero-order valence-electron chi connectivity index (χ0n) is 13.7. The van der Waals surface area contributed by atoms with E-state index in [0.717, 1.165) is 31.1 Å². The van der Waals surface area contributed by atoms with Crippen LogP contribution in [-0.4, -0.2) is 27.2 Å². The van der Waals surface area contributed by atoms with Crippen molar-refractivity contribution in [3.63, 3.8) is 0 Å². The van der Waals surface area contributed by atoms with Gasteiger partial charge < -0.3 is 10.2 Å². The summed E-state index contributed by atoms with van der Waals surface area (Å²) in [6, 6.07) is 0. The summed E-state index contributed by atoms with van der Waals surface area (Å²) in [6.45, 7) is 4.77. The maximum absolute atomic E-state index is 10.7. The fourth-order valence-corrected chi connectivity index (χ4v) is 7.74. The van der Waals surface area contributed by atoms with Gasteiger partial charge in [0.05, 0.1) is 12.2 Å². The van der Waals surface area contributed by atoms with E-state index < -0.39 is 0 Å². The van der Waals surface area contributed by atoms with Gasteiger partial charge in [-0.05, 0) is 73.0 Å². The Balaban J connectivity index is 1.67. The number of halogens is 1. The van der Waals surface area contributed by atoms with Crippen LogP contribution in [0.5, 0.6) is 0 Å². The van der Waals surface area contributed by atoms with Crippen LogP contribution in [0.3, 0.4) is 0 Å². The molecule has 3 saturated carbocycles. The molecule has 0 radical (unpaired) electrons. The van der Waals surface area contributed by atoms with E-state index in [1.807, 2.05) is 6.08 Å². The Morgan fingerprint density at radius 3 is 2.59 bits per heavy atom. The van der Waals surface area contributed by atoms with Gasteiger partial charge >= 0.3 is 0 Å². The highest BCUT2D eigenvalue weighted by molar-refractivity contribution is 9.09. The molecule has 0 spiro atoms. The maximum Gasteiger partial charge on any atom is 0.0724 e. The minimum absolute atomic E-state index is 0.108. The van der Waals surface area contributed by atoms with Gasteiger partial charge in [0.15, 0.2) is 0 Å². The summed E-state index contributed by atoms with van der Waals surface area (Å²) in [5, 5.41) is 20.7. The second-order valence-electron chi connectivity index (χ2n) is 8.92. The number of hydrogen-bond donors (Lipinski definition) is 2. The lowest BCUT2D eigenvalue weighted by molar-refractivity contribution is -0.0991. The quantitative estimate of drug-likeness (QED) is 0.502. The van der Waals surface area contributed by atoms with Crippen LogP contribution in [0.4, 0.5) is 0 Å². The van der Waals surface area contributed by atoms with Crippen molar-refractivity contribution < 1.29 is 10.2 Å². The number of rotatable bonds is 0. The largest absolute Gasteiger partial charge is 0.391 e. The van der Waals surface area contributed by atoms with Crippen LogP contribution in [-0.2, 0) is 0 Å². The maximum atomic E-state index is 10.7. The highest BCUT2D eigenvalue weighted by atomic mass is 79.9. The highest BCUT2D eigenvalue weighted by Gasteiger charge is 2.61. The minimum atomic E-state index is -0.233. The average molecular weight is 369 g/mol. The van der Waals surface area contributed by atoms with E-state index in [1.54, 1.807) is 0 Å².